The topological polar surface area (TPSA) is 346 Å². The quantitative estimate of drug-likeness (QED) is 0.0325. The van der Waals surface area contributed by atoms with Gasteiger partial charge in [0.15, 0.2) is 40.5 Å². The fraction of sp³-hybridized carbons (Fsp3) is 0.294. The van der Waals surface area contributed by atoms with Crippen LogP contribution in [0.25, 0.3) is 0 Å². The van der Waals surface area contributed by atoms with Crippen molar-refractivity contribution in [3.05, 3.63) is 412 Å². The molecule has 7 aromatic heterocycles. The third-order valence-electron chi connectivity index (χ3n) is 21.4. The summed E-state index contributed by atoms with van der Waals surface area (Å²) < 4.78 is 24.8. The summed E-state index contributed by atoms with van der Waals surface area (Å²) in [5.74, 6) is 1.47. The Hall–Kier alpha value is -13.9. The standard InChI is InChI=1S/C17H20N2O.C16H19N3O.C16H18N2O2.2C16H18N2O.C14H12Cl2N2O.C14H12F2N2O/c1-12-5-10-15(19-18-12)11-16(20)13-6-8-14(9-7-13)17(2,3)4;1-11(10-17)13-4-6-14(7-5-13)16(20)9-15-8-3-12(2)18-19-15;1-11(10-19)13-4-6-14(7-5-13)16(20)9-15-8-3-12(2)17-18-15;2*1-11(2)13-5-7-14(8-6-13)16(19)10-15-9-4-12(3)17-18-15;2*1-9-2-7-12(18-17-9)8-13(19)10-3-5-11(6-4-10)14(15)16/h5-10H,11H2,1-4H3;3-8,11H,9-10,17H2,1-2H3;3-8,11,19H,9-10H2,1-2H3;2*4-9,11H,10H2,1-3H3;2*2-7,14H,8H2,1H3. The van der Waals surface area contributed by atoms with E-state index in [0.29, 0.717) is 106 Å². The number of aryl methyl sites for hydroxylation is 7. The molecule has 3 N–H and O–H groups in total. The molecule has 2 unspecified atom stereocenters. The van der Waals surface area contributed by atoms with E-state index >= 15 is 0 Å². The molecule has 0 saturated heterocycles. The fourth-order valence-corrected chi connectivity index (χ4v) is 12.9. The highest BCUT2D eigenvalue weighted by atomic mass is 35.5. The van der Waals surface area contributed by atoms with Gasteiger partial charge in [0.25, 0.3) is 6.43 Å². The molecule has 0 aliphatic rings. The lowest BCUT2D eigenvalue weighted by Gasteiger charge is -2.18. The monoisotopic (exact) mass is 1870 g/mol. The third kappa shape index (κ3) is 36.5. The second-order valence-corrected chi connectivity index (χ2v) is 35.6. The number of carbonyl (C=O) groups is 7. The van der Waals surface area contributed by atoms with Gasteiger partial charge >= 0.3 is 0 Å². The highest BCUT2D eigenvalue weighted by Crippen LogP contribution is 2.28. The van der Waals surface area contributed by atoms with Crippen LogP contribution in [0, 0.1) is 48.5 Å². The molecule has 0 fully saturated rings. The zero-order valence-corrected chi connectivity index (χ0v) is 81.2. The molecule has 136 heavy (non-hydrogen) atoms. The van der Waals surface area contributed by atoms with Gasteiger partial charge in [-0.1, -0.05) is 232 Å². The highest BCUT2D eigenvalue weighted by molar-refractivity contribution is 6.44. The molecule has 704 valence electrons. The van der Waals surface area contributed by atoms with E-state index in [-0.39, 0.29) is 89.7 Å². The van der Waals surface area contributed by atoms with Crippen LogP contribution in [0.3, 0.4) is 0 Å². The van der Waals surface area contributed by atoms with E-state index in [4.69, 9.17) is 34.0 Å². The van der Waals surface area contributed by atoms with Crippen molar-refractivity contribution < 1.29 is 47.4 Å². The molecule has 7 aromatic carbocycles. The number of nitrogens with zero attached hydrogens (tertiary/aromatic N) is 14. The average molecular weight is 1870 g/mol. The van der Waals surface area contributed by atoms with E-state index in [1.807, 2.05) is 237 Å². The Labute approximate surface area is 804 Å². The number of benzene rings is 7. The number of aliphatic hydroxyl groups is 1. The third-order valence-corrected chi connectivity index (χ3v) is 21.9. The molecule has 2 atom stereocenters. The molecular weight excluding hydrogens is 1760 g/mol. The van der Waals surface area contributed by atoms with Crippen molar-refractivity contribution in [1.29, 1.82) is 0 Å². The Morgan fingerprint density at radius 3 is 0.618 bits per heavy atom. The van der Waals surface area contributed by atoms with Crippen molar-refractivity contribution >= 4 is 63.7 Å². The molecule has 0 spiro atoms. The van der Waals surface area contributed by atoms with Gasteiger partial charge in [-0.3, -0.25) is 33.6 Å². The van der Waals surface area contributed by atoms with Crippen LogP contribution in [0.4, 0.5) is 8.78 Å². The first-order chi connectivity index (χ1) is 64.8. The lowest BCUT2D eigenvalue weighted by atomic mass is 9.86. The second kappa shape index (κ2) is 53.9. The second-order valence-electron chi connectivity index (χ2n) is 34.6. The molecule has 14 rings (SSSR count). The summed E-state index contributed by atoms with van der Waals surface area (Å²) in [6.07, 6.45) is -0.752. The Bertz CT molecular complexity index is 5590. The SMILES string of the molecule is Cc1ccc(CC(=O)c2ccc(C(C)(C)C)cc2)nn1.Cc1ccc(CC(=O)c2ccc(C(C)C)cc2)nn1.Cc1ccc(CC(=O)c2ccc(C(C)C)cc2)nn1.Cc1ccc(CC(=O)c2ccc(C(C)CN)cc2)nn1.Cc1ccc(CC(=O)c2ccc(C(C)CO)cc2)nn1.Cc1ccc(CC(=O)c2ccc(C(Cl)Cl)cc2)nn1.Cc1ccc(CC(=O)c2ccc(C(F)F)cc2)nn1. The van der Waals surface area contributed by atoms with Crippen molar-refractivity contribution in [3.8, 4) is 0 Å². The summed E-state index contributed by atoms with van der Waals surface area (Å²) in [6, 6.07) is 76.4. The number of carbonyl (C=O) groups excluding carboxylic acids is 7. The van der Waals surface area contributed by atoms with E-state index in [1.54, 1.807) is 48.5 Å². The van der Waals surface area contributed by atoms with Crippen LogP contribution in [0.1, 0.15) is 288 Å². The van der Waals surface area contributed by atoms with Gasteiger partial charge in [0.05, 0.1) is 125 Å². The molecule has 7 heterocycles. The maximum absolute atomic E-state index is 12.4. The van der Waals surface area contributed by atoms with Gasteiger partial charge in [-0.05, 0) is 196 Å². The largest absolute Gasteiger partial charge is 0.396 e. The predicted molar refractivity (Wildman–Crippen MR) is 528 cm³/mol. The lowest BCUT2D eigenvalue weighted by molar-refractivity contribution is 0.0983. The highest BCUT2D eigenvalue weighted by Gasteiger charge is 2.20. The molecule has 0 saturated carbocycles. The lowest BCUT2D eigenvalue weighted by Crippen LogP contribution is -2.12. The number of aromatic nitrogens is 14. The summed E-state index contributed by atoms with van der Waals surface area (Å²) in [5, 5.41) is 64.6. The van der Waals surface area contributed by atoms with Crippen molar-refractivity contribution in [2.45, 2.75) is 196 Å². The number of halogens is 4. The van der Waals surface area contributed by atoms with E-state index in [9.17, 15) is 42.3 Å². The smallest absolute Gasteiger partial charge is 0.263 e. The van der Waals surface area contributed by atoms with Gasteiger partial charge in [-0.25, -0.2) is 8.78 Å². The Morgan fingerprint density at radius 2 is 0.456 bits per heavy atom. The van der Waals surface area contributed by atoms with E-state index < -0.39 is 11.3 Å². The summed E-state index contributed by atoms with van der Waals surface area (Å²) in [6.45, 7) is 32.8. The number of ketones is 7. The van der Waals surface area contributed by atoms with Gasteiger partial charge in [-0.2, -0.15) is 71.4 Å². The first kappa shape index (κ1) is 107. The fourth-order valence-electron chi connectivity index (χ4n) is 12.6. The Morgan fingerprint density at radius 1 is 0.272 bits per heavy atom. The van der Waals surface area contributed by atoms with Crippen molar-refractivity contribution in [2.75, 3.05) is 13.2 Å². The number of rotatable bonds is 29. The van der Waals surface area contributed by atoms with Crippen molar-refractivity contribution in [2.24, 2.45) is 5.73 Å². The molecule has 27 heteroatoms. The number of Topliss-reactive ketones (excluding diaryl/α,β-unsaturated/α-hetero) is 7. The maximum Gasteiger partial charge on any atom is 0.263 e. The summed E-state index contributed by atoms with van der Waals surface area (Å²) in [5.41, 5.74) is 27.4. The molecule has 0 aliphatic heterocycles. The van der Waals surface area contributed by atoms with Gasteiger partial charge in [0.1, 0.15) is 4.84 Å². The number of alkyl halides is 4. The van der Waals surface area contributed by atoms with Crippen LogP contribution < -0.4 is 5.73 Å². The van der Waals surface area contributed by atoms with Crippen molar-refractivity contribution in [1.82, 2.24) is 71.4 Å². The molecule has 14 aromatic rings. The summed E-state index contributed by atoms with van der Waals surface area (Å²) in [7, 11) is 0. The number of nitrogens with two attached hydrogens (primary N) is 1. The Kier molecular flexibility index (Phi) is 42.6. The normalized spacial score (nSPS) is 11.2. The van der Waals surface area contributed by atoms with E-state index in [2.05, 4.69) is 127 Å². The molecule has 0 radical (unpaired) electrons. The first-order valence-corrected chi connectivity index (χ1v) is 45.5. The zero-order valence-electron chi connectivity index (χ0n) is 79.7. The van der Waals surface area contributed by atoms with Crippen LogP contribution in [0.5, 0.6) is 0 Å². The van der Waals surface area contributed by atoms with Gasteiger partial charge < -0.3 is 10.8 Å². The molecule has 0 amide bonds. The number of hydrogen-bond donors (Lipinski definition) is 2. The molecule has 23 nitrogen and oxygen atoms in total. The van der Waals surface area contributed by atoms with Crippen molar-refractivity contribution in [3.63, 3.8) is 0 Å². The molecule has 0 aliphatic carbocycles. The van der Waals surface area contributed by atoms with Crippen LogP contribution in [-0.4, -0.2) is 130 Å². The Balaban J connectivity index is 0.000000195. The summed E-state index contributed by atoms with van der Waals surface area (Å²) in [4.78, 5) is 84.1. The first-order valence-electron chi connectivity index (χ1n) is 44.6. The average Bonchev–Trinajstić information content (AvgIpc) is 0.815. The molecular formula is C109H117Cl2F2N15O8. The van der Waals surface area contributed by atoms with Gasteiger partial charge in [0.2, 0.25) is 0 Å². The minimum absolute atomic E-state index is 0.00889. The van der Waals surface area contributed by atoms with Gasteiger partial charge in [-0.15, -0.1) is 23.2 Å². The van der Waals surface area contributed by atoms with Crippen LogP contribution in [-0.2, 0) is 50.4 Å². The number of hydrogen-bond acceptors (Lipinski definition) is 23. The van der Waals surface area contributed by atoms with Crippen LogP contribution >= 0.6 is 23.2 Å². The minimum atomic E-state index is -2.52. The number of aliphatic hydroxyl groups excluding tert-OH is 1. The summed E-state index contributed by atoms with van der Waals surface area (Å²) >= 11 is 11.5. The van der Waals surface area contributed by atoms with Crippen LogP contribution in [0.2, 0.25) is 0 Å². The van der Waals surface area contributed by atoms with E-state index in [0.717, 1.165) is 73.2 Å². The zero-order chi connectivity index (χ0) is 99.1. The predicted octanol–water partition coefficient (Wildman–Crippen LogP) is 21.6. The van der Waals surface area contributed by atoms with Crippen LogP contribution in [0.15, 0.2) is 255 Å². The van der Waals surface area contributed by atoms with Gasteiger partial charge in [0, 0.05) is 57.0 Å². The maximum atomic E-state index is 12.4. The molecule has 0 bridgehead atoms. The van der Waals surface area contributed by atoms with E-state index in [1.165, 1.54) is 41.0 Å². The minimum Gasteiger partial charge on any atom is -0.396 e.